The fraction of sp³-hybridized carbons (Fsp3) is 0.391. The number of aromatic nitrogens is 4. The van der Waals surface area contributed by atoms with E-state index in [0.717, 1.165) is 49.7 Å². The van der Waals surface area contributed by atoms with E-state index in [2.05, 4.69) is 36.1 Å². The molecular weight excluding hydrogens is 443 g/mol. The average molecular weight is 467 g/mol. The van der Waals surface area contributed by atoms with Crippen LogP contribution in [-0.4, -0.2) is 54.0 Å². The maximum absolute atomic E-state index is 14.8. The Morgan fingerprint density at radius 1 is 1.15 bits per heavy atom. The van der Waals surface area contributed by atoms with Gasteiger partial charge in [-0.15, -0.1) is 0 Å². The molecule has 1 aromatic carbocycles. The number of benzene rings is 1. The fourth-order valence-electron chi connectivity index (χ4n) is 5.17. The molecule has 0 saturated carbocycles. The number of hydrogen-bond donors (Lipinski definition) is 2. The molecule has 0 unspecified atom stereocenters. The number of nitrogens with one attached hydrogen (secondary N) is 1. The number of likely N-dealkylation sites (tertiary alicyclic amines) is 1. The van der Waals surface area contributed by atoms with Crippen LogP contribution in [0.2, 0.25) is 0 Å². The number of pyridine rings is 2. The highest BCUT2D eigenvalue weighted by Crippen LogP contribution is 2.37. The number of aliphatic hydroxyl groups is 1. The molecule has 8 nitrogen and oxygen atoms in total. The Labute approximate surface area is 193 Å². The molecule has 0 spiro atoms. The molecule has 0 amide bonds. The molecule has 6 rings (SSSR count). The third-order valence-electron chi connectivity index (χ3n) is 6.83. The summed E-state index contributed by atoms with van der Waals surface area (Å²) in [5.41, 5.74) is 2.46. The Morgan fingerprint density at radius 3 is 2.79 bits per heavy atom. The largest absolute Gasteiger partial charge is 0.382 e. The molecule has 0 bridgehead atoms. The van der Waals surface area contributed by atoms with Crippen molar-refractivity contribution in [1.82, 2.24) is 28.5 Å². The first-order chi connectivity index (χ1) is 16.0. The molecule has 170 valence electrons. The van der Waals surface area contributed by atoms with E-state index in [1.807, 2.05) is 6.07 Å². The van der Waals surface area contributed by atoms with Crippen molar-refractivity contribution in [1.29, 1.82) is 0 Å². The zero-order valence-corrected chi connectivity index (χ0v) is 18.7. The lowest BCUT2D eigenvalue weighted by Crippen LogP contribution is -2.48. The van der Waals surface area contributed by atoms with Gasteiger partial charge in [-0.25, -0.2) is 4.39 Å². The first kappa shape index (κ1) is 20.8. The molecule has 2 N–H and O–H groups in total. The van der Waals surface area contributed by atoms with Crippen molar-refractivity contribution < 1.29 is 9.50 Å². The van der Waals surface area contributed by atoms with E-state index in [1.165, 1.54) is 27.9 Å². The van der Waals surface area contributed by atoms with Crippen LogP contribution in [-0.2, 0) is 18.7 Å². The highest BCUT2D eigenvalue weighted by atomic mass is 32.1. The van der Waals surface area contributed by atoms with Crippen LogP contribution in [0.15, 0.2) is 41.3 Å². The minimum atomic E-state index is -1.45. The zero-order valence-electron chi connectivity index (χ0n) is 17.9. The summed E-state index contributed by atoms with van der Waals surface area (Å²) in [7, 11) is 0. The van der Waals surface area contributed by atoms with E-state index in [-0.39, 0.29) is 24.2 Å². The second-order valence-corrected chi connectivity index (χ2v) is 9.55. The van der Waals surface area contributed by atoms with Crippen molar-refractivity contribution >= 4 is 33.8 Å². The van der Waals surface area contributed by atoms with E-state index < -0.39 is 11.4 Å². The lowest BCUT2D eigenvalue weighted by molar-refractivity contribution is -0.0159. The van der Waals surface area contributed by atoms with Crippen LogP contribution in [0.1, 0.15) is 24.0 Å². The third-order valence-corrected chi connectivity index (χ3v) is 7.38. The Morgan fingerprint density at radius 2 is 1.94 bits per heavy atom. The summed E-state index contributed by atoms with van der Waals surface area (Å²) in [4.78, 5) is 18.6. The van der Waals surface area contributed by atoms with Gasteiger partial charge >= 0.3 is 0 Å². The third kappa shape index (κ3) is 3.63. The standard InChI is InChI=1S/C23H23FN6O2S/c24-16-11-26-18-3-4-20(31)30-13-23(32,21(16)22(18)30)12-29-7-5-15(6-8-29)25-10-14-1-2-17-19(9-14)28-33-27-17/h1-4,9,11,15,25,32H,5-8,10,12-13H2/t23-/m0/s1. The van der Waals surface area contributed by atoms with E-state index in [1.54, 1.807) is 6.07 Å². The van der Waals surface area contributed by atoms with Crippen LogP contribution in [0, 0.1) is 5.82 Å². The van der Waals surface area contributed by atoms with Gasteiger partial charge in [-0.1, -0.05) is 6.07 Å². The fourth-order valence-corrected chi connectivity index (χ4v) is 5.69. The quantitative estimate of drug-likeness (QED) is 0.464. The Kier molecular flexibility index (Phi) is 4.98. The van der Waals surface area contributed by atoms with E-state index >= 15 is 0 Å². The molecule has 1 atom stereocenters. The summed E-state index contributed by atoms with van der Waals surface area (Å²) in [6.07, 6.45) is 2.99. The smallest absolute Gasteiger partial charge is 0.251 e. The molecule has 3 aromatic heterocycles. The molecular formula is C23H23FN6O2S. The summed E-state index contributed by atoms with van der Waals surface area (Å²) >= 11 is 1.22. The number of rotatable bonds is 5. The number of hydrogen-bond acceptors (Lipinski definition) is 8. The molecule has 0 radical (unpaired) electrons. The second kappa shape index (κ2) is 7.91. The zero-order chi connectivity index (χ0) is 22.6. The summed E-state index contributed by atoms with van der Waals surface area (Å²) in [5.74, 6) is -0.564. The topological polar surface area (TPSA) is 96.2 Å². The first-order valence-corrected chi connectivity index (χ1v) is 11.8. The summed E-state index contributed by atoms with van der Waals surface area (Å²) in [5, 5.41) is 15.1. The van der Waals surface area contributed by atoms with Gasteiger partial charge in [-0.2, -0.15) is 8.75 Å². The van der Waals surface area contributed by atoms with Gasteiger partial charge in [0.1, 0.15) is 22.5 Å². The molecule has 1 saturated heterocycles. The Bertz CT molecular complexity index is 1410. The molecule has 33 heavy (non-hydrogen) atoms. The van der Waals surface area contributed by atoms with E-state index in [9.17, 15) is 14.3 Å². The van der Waals surface area contributed by atoms with Crippen LogP contribution in [0.5, 0.6) is 0 Å². The van der Waals surface area contributed by atoms with Gasteiger partial charge in [0.25, 0.3) is 5.56 Å². The van der Waals surface area contributed by atoms with Gasteiger partial charge in [0.05, 0.1) is 41.1 Å². The molecule has 4 aromatic rings. The number of β-amino-alcohol motifs (C(OH)–C–C–N with tert-alkyl or cyclic N) is 1. The van der Waals surface area contributed by atoms with Gasteiger partial charge in [-0.3, -0.25) is 14.7 Å². The molecule has 10 heteroatoms. The highest BCUT2D eigenvalue weighted by molar-refractivity contribution is 7.00. The van der Waals surface area contributed by atoms with Crippen LogP contribution in [0.4, 0.5) is 4.39 Å². The van der Waals surface area contributed by atoms with Crippen molar-refractivity contribution in [3.63, 3.8) is 0 Å². The molecule has 2 aliphatic rings. The van der Waals surface area contributed by atoms with Crippen molar-refractivity contribution in [2.75, 3.05) is 19.6 Å². The van der Waals surface area contributed by atoms with Crippen molar-refractivity contribution in [2.24, 2.45) is 0 Å². The molecule has 2 aliphatic heterocycles. The lowest BCUT2D eigenvalue weighted by atomic mass is 9.93. The van der Waals surface area contributed by atoms with Crippen molar-refractivity contribution in [3.8, 4) is 0 Å². The molecule has 5 heterocycles. The van der Waals surface area contributed by atoms with Crippen LogP contribution >= 0.6 is 11.7 Å². The van der Waals surface area contributed by atoms with Gasteiger partial charge in [0.15, 0.2) is 0 Å². The van der Waals surface area contributed by atoms with Gasteiger partial charge < -0.3 is 15.0 Å². The minimum Gasteiger partial charge on any atom is -0.382 e. The monoisotopic (exact) mass is 466 g/mol. The maximum Gasteiger partial charge on any atom is 0.251 e. The second-order valence-electron chi connectivity index (χ2n) is 9.02. The molecule has 1 fully saturated rings. The van der Waals surface area contributed by atoms with Gasteiger partial charge in [-0.05, 0) is 49.7 Å². The minimum absolute atomic E-state index is 0.0489. The summed E-state index contributed by atoms with van der Waals surface area (Å²) in [6.45, 7) is 2.67. The Balaban J connectivity index is 1.11. The van der Waals surface area contributed by atoms with Crippen molar-refractivity contribution in [3.05, 3.63) is 63.8 Å². The van der Waals surface area contributed by atoms with Crippen LogP contribution in [0.3, 0.4) is 0 Å². The maximum atomic E-state index is 14.8. The van der Waals surface area contributed by atoms with Crippen molar-refractivity contribution in [2.45, 2.75) is 37.6 Å². The number of fused-ring (bicyclic) bond motifs is 1. The van der Waals surface area contributed by atoms with E-state index in [0.29, 0.717) is 17.1 Å². The normalized spacial score (nSPS) is 21.4. The predicted octanol–water partition coefficient (Wildman–Crippen LogP) is 2.00. The number of piperidine rings is 1. The summed E-state index contributed by atoms with van der Waals surface area (Å²) in [6, 6.07) is 9.52. The predicted molar refractivity (Wildman–Crippen MR) is 124 cm³/mol. The Hall–Kier alpha value is -2.79. The average Bonchev–Trinajstić information content (AvgIpc) is 3.40. The summed E-state index contributed by atoms with van der Waals surface area (Å²) < 4.78 is 24.7. The van der Waals surface area contributed by atoms with Gasteiger partial charge in [0.2, 0.25) is 0 Å². The number of halogens is 1. The highest BCUT2D eigenvalue weighted by Gasteiger charge is 2.43. The van der Waals surface area contributed by atoms with Gasteiger partial charge in [0, 0.05) is 25.2 Å². The first-order valence-electron chi connectivity index (χ1n) is 11.1. The SMILES string of the molecule is O=c1ccc2ncc(F)c3c2n1C[C@@]3(O)CN1CCC(NCc2ccc3nsnc3c2)CC1. The lowest BCUT2D eigenvalue weighted by Gasteiger charge is -2.37. The van der Waals surface area contributed by atoms with Crippen LogP contribution < -0.4 is 10.9 Å². The molecule has 0 aliphatic carbocycles. The van der Waals surface area contributed by atoms with E-state index in [4.69, 9.17) is 0 Å². The van der Waals surface area contributed by atoms with Crippen LogP contribution in [0.25, 0.3) is 22.1 Å². The number of nitrogens with zero attached hydrogens (tertiary/aromatic N) is 5.